The lowest BCUT2D eigenvalue weighted by atomic mass is 10.1. The standard InChI is InChI=1S/C20H16BrN5O6S/c1-32-19(29)13-7-12(9-15(10-13)26(30)31)18(28)23-20-25-24-16(33-20)5-6-22-17(27)11-3-2-4-14(21)8-11/h2-4,7-10H,5-6H2,1H3,(H,22,27)(H,23,25,28). The van der Waals surface area contributed by atoms with Crippen LogP contribution in [0.5, 0.6) is 0 Å². The Morgan fingerprint density at radius 3 is 2.55 bits per heavy atom. The van der Waals surface area contributed by atoms with E-state index in [1.807, 2.05) is 6.07 Å². The summed E-state index contributed by atoms with van der Waals surface area (Å²) in [6.07, 6.45) is 0.385. The zero-order valence-corrected chi connectivity index (χ0v) is 19.4. The van der Waals surface area contributed by atoms with Gasteiger partial charge < -0.3 is 10.1 Å². The maximum atomic E-state index is 12.5. The van der Waals surface area contributed by atoms with Crippen LogP contribution in [0.1, 0.15) is 36.1 Å². The number of benzene rings is 2. The molecule has 0 aliphatic rings. The van der Waals surface area contributed by atoms with Gasteiger partial charge in [0, 0.05) is 40.7 Å². The number of nitrogens with zero attached hydrogens (tertiary/aromatic N) is 3. The quantitative estimate of drug-likeness (QED) is 0.254. The molecule has 0 aliphatic heterocycles. The molecule has 33 heavy (non-hydrogen) atoms. The second kappa shape index (κ2) is 10.7. The number of non-ortho nitro benzene ring substituents is 1. The Kier molecular flexibility index (Phi) is 7.79. The third-order valence-electron chi connectivity index (χ3n) is 4.21. The lowest BCUT2D eigenvalue weighted by molar-refractivity contribution is -0.384. The van der Waals surface area contributed by atoms with Crippen LogP contribution in [-0.4, -0.2) is 46.6 Å². The van der Waals surface area contributed by atoms with Gasteiger partial charge in [0.2, 0.25) is 5.13 Å². The molecule has 0 bridgehead atoms. The molecule has 0 saturated heterocycles. The first-order chi connectivity index (χ1) is 15.8. The number of nitro benzene ring substituents is 1. The summed E-state index contributed by atoms with van der Waals surface area (Å²) in [6.45, 7) is 0.307. The van der Waals surface area contributed by atoms with Crippen molar-refractivity contribution in [3.05, 3.63) is 78.7 Å². The van der Waals surface area contributed by atoms with E-state index in [2.05, 4.69) is 41.5 Å². The average molecular weight is 534 g/mol. The van der Waals surface area contributed by atoms with E-state index in [0.717, 1.165) is 35.1 Å². The number of halogens is 1. The van der Waals surface area contributed by atoms with Crippen molar-refractivity contribution in [1.29, 1.82) is 0 Å². The molecule has 0 aliphatic carbocycles. The van der Waals surface area contributed by atoms with Gasteiger partial charge in [-0.3, -0.25) is 25.0 Å². The summed E-state index contributed by atoms with van der Waals surface area (Å²) in [6, 6.07) is 10.2. The van der Waals surface area contributed by atoms with E-state index in [-0.39, 0.29) is 22.2 Å². The molecule has 0 spiro atoms. The molecule has 11 nitrogen and oxygen atoms in total. The number of amides is 2. The van der Waals surface area contributed by atoms with Crippen molar-refractivity contribution in [2.45, 2.75) is 6.42 Å². The summed E-state index contributed by atoms with van der Waals surface area (Å²) in [7, 11) is 1.13. The minimum atomic E-state index is -0.809. The molecule has 0 fully saturated rings. The van der Waals surface area contributed by atoms with E-state index < -0.39 is 22.5 Å². The SMILES string of the molecule is COC(=O)c1cc(C(=O)Nc2nnc(CCNC(=O)c3cccc(Br)c3)s2)cc([N+](=O)[O-])c1. The van der Waals surface area contributed by atoms with Crippen molar-refractivity contribution in [1.82, 2.24) is 15.5 Å². The molecular weight excluding hydrogens is 518 g/mol. The second-order valence-corrected chi connectivity index (χ2v) is 8.47. The third kappa shape index (κ3) is 6.40. The van der Waals surface area contributed by atoms with Crippen LogP contribution >= 0.6 is 27.3 Å². The van der Waals surface area contributed by atoms with E-state index in [1.54, 1.807) is 18.2 Å². The van der Waals surface area contributed by atoms with Gasteiger partial charge in [-0.2, -0.15) is 0 Å². The van der Waals surface area contributed by atoms with Gasteiger partial charge >= 0.3 is 5.97 Å². The van der Waals surface area contributed by atoms with Crippen LogP contribution in [0.25, 0.3) is 0 Å². The van der Waals surface area contributed by atoms with Crippen molar-refractivity contribution in [2.75, 3.05) is 19.0 Å². The number of aromatic nitrogens is 2. The largest absolute Gasteiger partial charge is 0.465 e. The first-order valence-corrected chi connectivity index (χ1v) is 10.9. The molecular formula is C20H16BrN5O6S. The molecule has 0 saturated carbocycles. The fourth-order valence-electron chi connectivity index (χ4n) is 2.67. The Morgan fingerprint density at radius 2 is 1.85 bits per heavy atom. The maximum absolute atomic E-state index is 12.5. The topological polar surface area (TPSA) is 153 Å². The van der Waals surface area contributed by atoms with Gasteiger partial charge in [-0.1, -0.05) is 33.3 Å². The highest BCUT2D eigenvalue weighted by molar-refractivity contribution is 9.10. The van der Waals surface area contributed by atoms with E-state index >= 15 is 0 Å². The minimum Gasteiger partial charge on any atom is -0.465 e. The lowest BCUT2D eigenvalue weighted by Crippen LogP contribution is -2.25. The van der Waals surface area contributed by atoms with Crippen molar-refractivity contribution >= 4 is 55.9 Å². The fourth-order valence-corrected chi connectivity index (χ4v) is 3.81. The van der Waals surface area contributed by atoms with Crippen molar-refractivity contribution in [3.63, 3.8) is 0 Å². The number of esters is 1. The van der Waals surface area contributed by atoms with Crippen LogP contribution in [0.3, 0.4) is 0 Å². The number of ether oxygens (including phenoxy) is 1. The maximum Gasteiger partial charge on any atom is 0.338 e. The Morgan fingerprint density at radius 1 is 1.09 bits per heavy atom. The fraction of sp³-hybridized carbons (Fsp3) is 0.150. The van der Waals surface area contributed by atoms with Gasteiger partial charge in [0.1, 0.15) is 5.01 Å². The first-order valence-electron chi connectivity index (χ1n) is 9.32. The average Bonchev–Trinajstić information content (AvgIpc) is 3.25. The van der Waals surface area contributed by atoms with Gasteiger partial charge in [-0.15, -0.1) is 10.2 Å². The second-order valence-electron chi connectivity index (χ2n) is 6.49. The molecule has 13 heteroatoms. The zero-order valence-electron chi connectivity index (χ0n) is 17.0. The van der Waals surface area contributed by atoms with Crippen LogP contribution in [0.2, 0.25) is 0 Å². The Hall–Kier alpha value is -3.71. The van der Waals surface area contributed by atoms with Gasteiger partial charge in [-0.25, -0.2) is 4.79 Å². The number of nitro groups is 1. The highest BCUT2D eigenvalue weighted by Crippen LogP contribution is 2.21. The van der Waals surface area contributed by atoms with Gasteiger partial charge in [-0.05, 0) is 24.3 Å². The Labute approximate surface area is 199 Å². The molecule has 3 rings (SSSR count). The van der Waals surface area contributed by atoms with Crippen LogP contribution in [0, 0.1) is 10.1 Å². The number of carbonyl (C=O) groups is 3. The van der Waals surface area contributed by atoms with Crippen molar-refractivity contribution in [2.24, 2.45) is 0 Å². The molecule has 2 aromatic carbocycles. The molecule has 0 radical (unpaired) electrons. The van der Waals surface area contributed by atoms with Crippen LogP contribution in [-0.2, 0) is 11.2 Å². The van der Waals surface area contributed by atoms with Crippen LogP contribution < -0.4 is 10.6 Å². The summed E-state index contributed by atoms with van der Waals surface area (Å²) in [5.74, 6) is -1.74. The predicted octanol–water partition coefficient (Wildman–Crippen LogP) is 3.22. The molecule has 0 unspecified atom stereocenters. The summed E-state index contributed by atoms with van der Waals surface area (Å²) in [5.41, 5.74) is -0.154. The van der Waals surface area contributed by atoms with E-state index in [1.165, 1.54) is 6.07 Å². The monoisotopic (exact) mass is 533 g/mol. The van der Waals surface area contributed by atoms with Gasteiger partial charge in [0.25, 0.3) is 17.5 Å². The number of rotatable bonds is 8. The molecule has 0 atom stereocenters. The highest BCUT2D eigenvalue weighted by Gasteiger charge is 2.19. The molecule has 1 heterocycles. The Balaban J connectivity index is 1.61. The number of anilines is 1. The Bertz CT molecular complexity index is 1230. The molecule has 2 N–H and O–H groups in total. The summed E-state index contributed by atoms with van der Waals surface area (Å²) in [4.78, 5) is 46.9. The number of nitrogens with one attached hydrogen (secondary N) is 2. The van der Waals surface area contributed by atoms with Crippen LogP contribution in [0.15, 0.2) is 46.9 Å². The van der Waals surface area contributed by atoms with Gasteiger partial charge in [0.05, 0.1) is 17.6 Å². The number of hydrogen-bond donors (Lipinski definition) is 2. The van der Waals surface area contributed by atoms with E-state index in [9.17, 15) is 24.5 Å². The highest BCUT2D eigenvalue weighted by atomic mass is 79.9. The van der Waals surface area contributed by atoms with E-state index in [0.29, 0.717) is 23.5 Å². The van der Waals surface area contributed by atoms with Gasteiger partial charge in [0.15, 0.2) is 0 Å². The summed E-state index contributed by atoms with van der Waals surface area (Å²) < 4.78 is 5.36. The zero-order chi connectivity index (χ0) is 24.0. The normalized spacial score (nSPS) is 10.4. The van der Waals surface area contributed by atoms with Crippen LogP contribution in [0.4, 0.5) is 10.8 Å². The lowest BCUT2D eigenvalue weighted by Gasteiger charge is -2.05. The molecule has 2 amide bonds. The predicted molar refractivity (Wildman–Crippen MR) is 122 cm³/mol. The summed E-state index contributed by atoms with van der Waals surface area (Å²) in [5, 5.41) is 25.0. The first kappa shape index (κ1) is 23.9. The molecule has 1 aromatic heterocycles. The van der Waals surface area contributed by atoms with E-state index in [4.69, 9.17) is 0 Å². The number of hydrogen-bond acceptors (Lipinski definition) is 9. The van der Waals surface area contributed by atoms with Crippen molar-refractivity contribution < 1.29 is 24.0 Å². The molecule has 3 aromatic rings. The van der Waals surface area contributed by atoms with Crippen molar-refractivity contribution in [3.8, 4) is 0 Å². The molecule has 170 valence electrons. The number of carbonyl (C=O) groups excluding carboxylic acids is 3. The summed E-state index contributed by atoms with van der Waals surface area (Å²) >= 11 is 4.41. The smallest absolute Gasteiger partial charge is 0.338 e. The number of methoxy groups -OCH3 is 1. The minimum absolute atomic E-state index is 0.109. The third-order valence-corrected chi connectivity index (χ3v) is 5.60.